The van der Waals surface area contributed by atoms with Crippen molar-refractivity contribution in [3.05, 3.63) is 17.2 Å². The van der Waals surface area contributed by atoms with Gasteiger partial charge in [0.1, 0.15) is 11.0 Å². The number of fused-ring (bicyclic) bond motifs is 2. The van der Waals surface area contributed by atoms with Crippen LogP contribution in [0.5, 0.6) is 0 Å². The van der Waals surface area contributed by atoms with Crippen LogP contribution >= 0.6 is 23.3 Å². The summed E-state index contributed by atoms with van der Waals surface area (Å²) in [4.78, 5) is 0. The van der Waals surface area contributed by atoms with Crippen molar-refractivity contribution < 1.29 is 4.74 Å². The molecular formula is C15H18ClN3OS. The van der Waals surface area contributed by atoms with Crippen molar-refractivity contribution in [3.8, 4) is 0 Å². The van der Waals surface area contributed by atoms with E-state index in [2.05, 4.69) is 27.9 Å². The minimum absolute atomic E-state index is 0.111. The molecule has 1 aromatic heterocycles. The highest BCUT2D eigenvalue weighted by Crippen LogP contribution is 2.53. The van der Waals surface area contributed by atoms with Gasteiger partial charge in [-0.3, -0.25) is 0 Å². The van der Waals surface area contributed by atoms with Gasteiger partial charge in [0.05, 0.1) is 28.5 Å². The van der Waals surface area contributed by atoms with Gasteiger partial charge in [-0.25, -0.2) is 0 Å². The number of benzene rings is 1. The second kappa shape index (κ2) is 4.80. The van der Waals surface area contributed by atoms with E-state index in [1.54, 1.807) is 0 Å². The lowest BCUT2D eigenvalue weighted by Crippen LogP contribution is -2.67. The first-order valence-electron chi connectivity index (χ1n) is 7.38. The van der Waals surface area contributed by atoms with Gasteiger partial charge in [0.2, 0.25) is 0 Å². The summed E-state index contributed by atoms with van der Waals surface area (Å²) in [6, 6.07) is 4.19. The number of nitrogens with zero attached hydrogens (tertiary/aromatic N) is 2. The van der Waals surface area contributed by atoms with Crippen LogP contribution in [0.25, 0.3) is 11.0 Å². The average Bonchev–Trinajstić information content (AvgIpc) is 2.94. The van der Waals surface area contributed by atoms with Gasteiger partial charge in [-0.15, -0.1) is 0 Å². The van der Waals surface area contributed by atoms with Crippen LogP contribution in [0.4, 0.5) is 5.69 Å². The molecule has 1 N–H and O–H groups in total. The predicted octanol–water partition coefficient (Wildman–Crippen LogP) is 3.96. The molecule has 1 saturated heterocycles. The van der Waals surface area contributed by atoms with E-state index < -0.39 is 0 Å². The summed E-state index contributed by atoms with van der Waals surface area (Å²) in [7, 11) is 0. The smallest absolute Gasteiger partial charge is 0.129 e. The highest BCUT2D eigenvalue weighted by Gasteiger charge is 2.58. The molecule has 112 valence electrons. The summed E-state index contributed by atoms with van der Waals surface area (Å²) in [6.07, 6.45) is 2.72. The second-order valence-electron chi connectivity index (χ2n) is 6.60. The molecule has 1 aliphatic heterocycles. The average molecular weight is 324 g/mol. The first-order chi connectivity index (χ1) is 10.1. The van der Waals surface area contributed by atoms with E-state index in [9.17, 15) is 0 Å². The molecule has 4 nitrogen and oxygen atoms in total. The molecular weight excluding hydrogens is 306 g/mol. The van der Waals surface area contributed by atoms with Crippen LogP contribution in [0, 0.1) is 11.3 Å². The van der Waals surface area contributed by atoms with Crippen LogP contribution in [-0.2, 0) is 4.74 Å². The van der Waals surface area contributed by atoms with Crippen molar-refractivity contribution in [3.63, 3.8) is 0 Å². The van der Waals surface area contributed by atoms with Gasteiger partial charge in [-0.1, -0.05) is 25.4 Å². The van der Waals surface area contributed by atoms with Crippen molar-refractivity contribution in [2.75, 3.05) is 11.9 Å². The van der Waals surface area contributed by atoms with Crippen molar-refractivity contribution in [1.82, 2.24) is 8.75 Å². The Balaban J connectivity index is 1.68. The topological polar surface area (TPSA) is 47.0 Å². The zero-order valence-electron chi connectivity index (χ0n) is 12.1. The molecule has 1 saturated carbocycles. The Bertz CT molecular complexity index is 687. The summed E-state index contributed by atoms with van der Waals surface area (Å²) in [6.45, 7) is 5.43. The van der Waals surface area contributed by atoms with Crippen molar-refractivity contribution in [1.29, 1.82) is 0 Å². The Morgan fingerprint density at radius 2 is 2.24 bits per heavy atom. The second-order valence-corrected chi connectivity index (χ2v) is 7.53. The van der Waals surface area contributed by atoms with Gasteiger partial charge >= 0.3 is 0 Å². The molecule has 0 radical (unpaired) electrons. The number of anilines is 1. The molecule has 2 aliphatic rings. The van der Waals surface area contributed by atoms with Gasteiger partial charge in [-0.2, -0.15) is 8.75 Å². The number of hydrogen-bond donors (Lipinski definition) is 1. The zero-order chi connectivity index (χ0) is 14.6. The Labute approximate surface area is 133 Å². The van der Waals surface area contributed by atoms with E-state index in [-0.39, 0.29) is 5.41 Å². The highest BCUT2D eigenvalue weighted by molar-refractivity contribution is 7.00. The van der Waals surface area contributed by atoms with Crippen molar-refractivity contribution in [2.45, 2.75) is 38.8 Å². The monoisotopic (exact) mass is 323 g/mol. The molecule has 3 atom stereocenters. The number of hydrogen-bond acceptors (Lipinski definition) is 5. The van der Waals surface area contributed by atoms with Crippen LogP contribution in [-0.4, -0.2) is 27.5 Å². The maximum atomic E-state index is 6.40. The molecule has 1 aromatic carbocycles. The number of ether oxygens (including phenoxy) is 1. The van der Waals surface area contributed by atoms with Crippen LogP contribution in [0.15, 0.2) is 12.1 Å². The van der Waals surface area contributed by atoms with Crippen LogP contribution in [0.2, 0.25) is 5.02 Å². The Kier molecular flexibility index (Phi) is 3.14. The van der Waals surface area contributed by atoms with Crippen molar-refractivity contribution in [2.24, 2.45) is 11.3 Å². The van der Waals surface area contributed by atoms with Gasteiger partial charge in [0, 0.05) is 24.0 Å². The third-order valence-electron chi connectivity index (χ3n) is 5.01. The van der Waals surface area contributed by atoms with E-state index >= 15 is 0 Å². The molecule has 0 spiro atoms. The number of rotatable bonds is 2. The lowest BCUT2D eigenvalue weighted by atomic mass is 9.55. The number of aromatic nitrogens is 2. The molecule has 0 bridgehead atoms. The van der Waals surface area contributed by atoms with Crippen LogP contribution in [0.3, 0.4) is 0 Å². The summed E-state index contributed by atoms with van der Waals surface area (Å²) < 4.78 is 14.7. The fourth-order valence-corrected chi connectivity index (χ4v) is 4.68. The van der Waals surface area contributed by atoms with E-state index in [1.807, 2.05) is 12.1 Å². The number of halogens is 1. The van der Waals surface area contributed by atoms with E-state index in [0.29, 0.717) is 23.1 Å². The van der Waals surface area contributed by atoms with E-state index in [4.69, 9.17) is 16.3 Å². The summed E-state index contributed by atoms with van der Waals surface area (Å²) in [5, 5.41) is 4.37. The SMILES string of the molecule is CC1(C)C(Nc2c(Cl)ccc3nsnc23)C2CCCOC21. The normalized spacial score (nSPS) is 30.7. The molecule has 4 rings (SSSR count). The Morgan fingerprint density at radius 3 is 3.10 bits per heavy atom. The molecule has 2 aromatic rings. The molecule has 2 fully saturated rings. The van der Waals surface area contributed by atoms with E-state index in [1.165, 1.54) is 18.1 Å². The summed E-state index contributed by atoms with van der Waals surface area (Å²) >= 11 is 7.62. The van der Waals surface area contributed by atoms with Crippen LogP contribution < -0.4 is 5.32 Å². The molecule has 3 unspecified atom stereocenters. The molecule has 6 heteroatoms. The summed E-state index contributed by atoms with van der Waals surface area (Å²) in [5.41, 5.74) is 2.81. The largest absolute Gasteiger partial charge is 0.378 e. The molecule has 0 amide bonds. The molecule has 1 aliphatic carbocycles. The number of nitrogens with one attached hydrogen (secondary N) is 1. The first-order valence-corrected chi connectivity index (χ1v) is 8.49. The molecule has 21 heavy (non-hydrogen) atoms. The van der Waals surface area contributed by atoms with Gasteiger partial charge < -0.3 is 10.1 Å². The Hall–Kier alpha value is -0.910. The van der Waals surface area contributed by atoms with Gasteiger partial charge in [-0.05, 0) is 25.0 Å². The Morgan fingerprint density at radius 1 is 1.38 bits per heavy atom. The maximum absolute atomic E-state index is 6.40. The van der Waals surface area contributed by atoms with Gasteiger partial charge in [0.25, 0.3) is 0 Å². The fraction of sp³-hybridized carbons (Fsp3) is 0.600. The van der Waals surface area contributed by atoms with E-state index in [0.717, 1.165) is 29.7 Å². The quantitative estimate of drug-likeness (QED) is 0.908. The minimum Gasteiger partial charge on any atom is -0.378 e. The first kappa shape index (κ1) is 13.7. The fourth-order valence-electron chi connectivity index (χ4n) is 3.94. The highest BCUT2D eigenvalue weighted by atomic mass is 35.5. The third-order valence-corrected chi connectivity index (χ3v) is 5.87. The third kappa shape index (κ3) is 1.98. The van der Waals surface area contributed by atoms with Crippen molar-refractivity contribution >= 4 is 40.0 Å². The maximum Gasteiger partial charge on any atom is 0.129 e. The summed E-state index contributed by atoms with van der Waals surface area (Å²) in [5.74, 6) is 0.562. The predicted molar refractivity (Wildman–Crippen MR) is 86.1 cm³/mol. The minimum atomic E-state index is 0.111. The molecule has 2 heterocycles. The lowest BCUT2D eigenvalue weighted by Gasteiger charge is -2.60. The standard InChI is InChI=1S/C15H18ClN3OS/c1-15(2)13(8-4-3-7-20-14(8)15)17-11-9(16)5-6-10-12(11)19-21-18-10/h5-6,8,13-14,17H,3-4,7H2,1-2H3. The van der Waals surface area contributed by atoms with Crippen LogP contribution in [0.1, 0.15) is 26.7 Å². The van der Waals surface area contributed by atoms with Gasteiger partial charge in [0.15, 0.2) is 0 Å². The zero-order valence-corrected chi connectivity index (χ0v) is 13.7. The lowest BCUT2D eigenvalue weighted by molar-refractivity contribution is -0.177.